The van der Waals surface area contributed by atoms with E-state index in [1.807, 2.05) is 30.3 Å². The van der Waals surface area contributed by atoms with Gasteiger partial charge in [0.15, 0.2) is 5.82 Å². The molecule has 1 amide bonds. The number of amides is 1. The topological polar surface area (TPSA) is 67.8 Å². The number of nitrogens with zero attached hydrogens (tertiary/aromatic N) is 3. The molecule has 24 heavy (non-hydrogen) atoms. The number of carbonyl (C=O) groups is 1. The van der Waals surface area contributed by atoms with Crippen LogP contribution in [0.3, 0.4) is 0 Å². The molecule has 0 fully saturated rings. The molecule has 118 valence electrons. The second kappa shape index (κ2) is 6.20. The number of aromatic nitrogens is 3. The number of rotatable bonds is 3. The van der Waals surface area contributed by atoms with Crippen molar-refractivity contribution in [1.82, 2.24) is 15.2 Å². The maximum atomic E-state index is 12.5. The molecule has 0 spiro atoms. The highest BCUT2D eigenvalue weighted by Gasteiger charge is 2.19. The summed E-state index contributed by atoms with van der Waals surface area (Å²) in [5, 5.41) is 11.1. The lowest BCUT2D eigenvalue weighted by Crippen LogP contribution is -2.15. The molecule has 1 aliphatic rings. The van der Waals surface area contributed by atoms with Gasteiger partial charge in [-0.15, -0.1) is 10.2 Å². The molecule has 5 nitrogen and oxygen atoms in total. The Balaban J connectivity index is 1.54. The average molecular weight is 316 g/mol. The van der Waals surface area contributed by atoms with Crippen LogP contribution in [0.15, 0.2) is 54.7 Å². The third kappa shape index (κ3) is 2.76. The number of pyridine rings is 1. The SMILES string of the molecule is O=C(Nc1ccc(-c2ccccn2)nn1)c1cccc2c1CCC2. The third-order valence-corrected chi connectivity index (χ3v) is 4.22. The molecule has 0 atom stereocenters. The monoisotopic (exact) mass is 316 g/mol. The Morgan fingerprint density at radius 2 is 1.88 bits per heavy atom. The summed E-state index contributed by atoms with van der Waals surface area (Å²) in [5.41, 5.74) is 4.60. The minimum absolute atomic E-state index is 0.131. The number of aryl methyl sites for hydroxylation is 1. The average Bonchev–Trinajstić information content (AvgIpc) is 3.12. The largest absolute Gasteiger partial charge is 0.305 e. The molecule has 1 aromatic carbocycles. The lowest BCUT2D eigenvalue weighted by molar-refractivity contribution is 0.102. The van der Waals surface area contributed by atoms with Crippen molar-refractivity contribution in [2.24, 2.45) is 0 Å². The van der Waals surface area contributed by atoms with Crippen LogP contribution in [0.2, 0.25) is 0 Å². The van der Waals surface area contributed by atoms with Crippen LogP contribution >= 0.6 is 0 Å². The summed E-state index contributed by atoms with van der Waals surface area (Å²) < 4.78 is 0. The van der Waals surface area contributed by atoms with Gasteiger partial charge >= 0.3 is 0 Å². The number of anilines is 1. The second-order valence-electron chi connectivity index (χ2n) is 5.77. The zero-order valence-electron chi connectivity index (χ0n) is 13.1. The summed E-state index contributed by atoms with van der Waals surface area (Å²) in [5.74, 6) is 0.309. The Hall–Kier alpha value is -3.08. The third-order valence-electron chi connectivity index (χ3n) is 4.22. The zero-order chi connectivity index (χ0) is 16.4. The van der Waals surface area contributed by atoms with Gasteiger partial charge in [0.05, 0.1) is 5.69 Å². The number of hydrogen-bond acceptors (Lipinski definition) is 4. The minimum atomic E-state index is -0.131. The Bertz CT molecular complexity index is 876. The van der Waals surface area contributed by atoms with E-state index in [0.29, 0.717) is 11.5 Å². The molecule has 3 aromatic rings. The molecular formula is C19H16N4O. The summed E-state index contributed by atoms with van der Waals surface area (Å²) in [6.07, 6.45) is 4.83. The molecule has 0 saturated carbocycles. The quantitative estimate of drug-likeness (QED) is 0.805. The van der Waals surface area contributed by atoms with E-state index in [1.54, 1.807) is 18.3 Å². The number of hydrogen-bond donors (Lipinski definition) is 1. The van der Waals surface area contributed by atoms with Crippen molar-refractivity contribution in [2.75, 3.05) is 5.32 Å². The van der Waals surface area contributed by atoms with E-state index < -0.39 is 0 Å². The fourth-order valence-electron chi connectivity index (χ4n) is 3.07. The predicted octanol–water partition coefficient (Wildman–Crippen LogP) is 3.28. The van der Waals surface area contributed by atoms with Gasteiger partial charge in [-0.05, 0) is 60.7 Å². The molecule has 0 aliphatic heterocycles. The Morgan fingerprint density at radius 1 is 0.917 bits per heavy atom. The van der Waals surface area contributed by atoms with Crippen molar-refractivity contribution < 1.29 is 4.79 Å². The van der Waals surface area contributed by atoms with E-state index in [4.69, 9.17) is 0 Å². The van der Waals surface area contributed by atoms with Crippen LogP contribution < -0.4 is 5.32 Å². The van der Waals surface area contributed by atoms with Gasteiger partial charge in [-0.25, -0.2) is 0 Å². The van der Waals surface area contributed by atoms with Crippen LogP contribution in [0, 0.1) is 0 Å². The molecule has 1 N–H and O–H groups in total. The van der Waals surface area contributed by atoms with Gasteiger partial charge in [0.1, 0.15) is 5.69 Å². The van der Waals surface area contributed by atoms with Gasteiger partial charge in [-0.2, -0.15) is 0 Å². The van der Waals surface area contributed by atoms with Crippen LogP contribution in [0.5, 0.6) is 0 Å². The summed E-state index contributed by atoms with van der Waals surface area (Å²) in [6, 6.07) is 15.1. The lowest BCUT2D eigenvalue weighted by atomic mass is 10.0. The second-order valence-corrected chi connectivity index (χ2v) is 5.77. The van der Waals surface area contributed by atoms with E-state index in [-0.39, 0.29) is 5.91 Å². The zero-order valence-corrected chi connectivity index (χ0v) is 13.1. The number of nitrogens with one attached hydrogen (secondary N) is 1. The Morgan fingerprint density at radius 3 is 2.67 bits per heavy atom. The maximum Gasteiger partial charge on any atom is 0.257 e. The summed E-state index contributed by atoms with van der Waals surface area (Å²) in [6.45, 7) is 0. The normalized spacial score (nSPS) is 12.7. The number of fused-ring (bicyclic) bond motifs is 1. The molecule has 4 rings (SSSR count). The van der Waals surface area contributed by atoms with E-state index in [1.165, 1.54) is 5.56 Å². The summed E-state index contributed by atoms with van der Waals surface area (Å²) >= 11 is 0. The van der Waals surface area contributed by atoms with Crippen molar-refractivity contribution in [3.63, 3.8) is 0 Å². The van der Waals surface area contributed by atoms with Gasteiger partial charge in [0.25, 0.3) is 5.91 Å². The van der Waals surface area contributed by atoms with Crippen molar-refractivity contribution in [3.8, 4) is 11.4 Å². The number of carbonyl (C=O) groups excluding carboxylic acids is 1. The van der Waals surface area contributed by atoms with Crippen LogP contribution in [-0.4, -0.2) is 21.1 Å². The fourth-order valence-corrected chi connectivity index (χ4v) is 3.07. The highest BCUT2D eigenvalue weighted by Crippen LogP contribution is 2.25. The van der Waals surface area contributed by atoms with E-state index in [0.717, 1.165) is 36.1 Å². The smallest absolute Gasteiger partial charge is 0.257 e. The molecule has 5 heteroatoms. The molecule has 2 aromatic heterocycles. The summed E-state index contributed by atoms with van der Waals surface area (Å²) in [4.78, 5) is 16.8. The fraction of sp³-hybridized carbons (Fsp3) is 0.158. The van der Waals surface area contributed by atoms with Gasteiger partial charge in [-0.1, -0.05) is 18.2 Å². The van der Waals surface area contributed by atoms with Crippen molar-refractivity contribution in [2.45, 2.75) is 19.3 Å². The van der Waals surface area contributed by atoms with Gasteiger partial charge in [-0.3, -0.25) is 9.78 Å². The van der Waals surface area contributed by atoms with Crippen LogP contribution in [0.25, 0.3) is 11.4 Å². The first kappa shape index (κ1) is 14.5. The molecule has 0 saturated heterocycles. The first-order valence-corrected chi connectivity index (χ1v) is 7.98. The predicted molar refractivity (Wildman–Crippen MR) is 91.7 cm³/mol. The van der Waals surface area contributed by atoms with Crippen LogP contribution in [0.4, 0.5) is 5.82 Å². The molecule has 0 bridgehead atoms. The van der Waals surface area contributed by atoms with E-state index >= 15 is 0 Å². The van der Waals surface area contributed by atoms with Gasteiger partial charge in [0.2, 0.25) is 0 Å². The highest BCUT2D eigenvalue weighted by atomic mass is 16.1. The van der Waals surface area contributed by atoms with Crippen LogP contribution in [0.1, 0.15) is 27.9 Å². The molecule has 2 heterocycles. The standard InChI is InChI=1S/C19H16N4O/c24-19(15-8-4-6-13-5-3-7-14(13)15)21-18-11-10-17(22-23-18)16-9-1-2-12-20-16/h1-2,4,6,8-12H,3,5,7H2,(H,21,23,24). The minimum Gasteiger partial charge on any atom is -0.305 e. The van der Waals surface area contributed by atoms with E-state index in [9.17, 15) is 4.79 Å². The van der Waals surface area contributed by atoms with Crippen LogP contribution in [-0.2, 0) is 12.8 Å². The first-order valence-electron chi connectivity index (χ1n) is 7.98. The molecule has 0 radical (unpaired) electrons. The van der Waals surface area contributed by atoms with Gasteiger partial charge in [0, 0.05) is 11.8 Å². The maximum absolute atomic E-state index is 12.5. The van der Waals surface area contributed by atoms with Crippen molar-refractivity contribution >= 4 is 11.7 Å². The molecule has 0 unspecified atom stereocenters. The van der Waals surface area contributed by atoms with Gasteiger partial charge < -0.3 is 5.32 Å². The Labute approximate surface area is 139 Å². The van der Waals surface area contributed by atoms with Crippen molar-refractivity contribution in [1.29, 1.82) is 0 Å². The first-order chi connectivity index (χ1) is 11.8. The highest BCUT2D eigenvalue weighted by molar-refractivity contribution is 6.05. The number of benzene rings is 1. The van der Waals surface area contributed by atoms with Crippen molar-refractivity contribution in [3.05, 3.63) is 71.4 Å². The molecule has 1 aliphatic carbocycles. The molecular weight excluding hydrogens is 300 g/mol. The van der Waals surface area contributed by atoms with E-state index in [2.05, 4.69) is 26.6 Å². The Kier molecular flexibility index (Phi) is 3.75. The summed E-state index contributed by atoms with van der Waals surface area (Å²) in [7, 11) is 0. The lowest BCUT2D eigenvalue weighted by Gasteiger charge is -2.09.